The molecule has 0 N–H and O–H groups in total. The molecule has 0 aliphatic rings. The van der Waals surface area contributed by atoms with Gasteiger partial charge in [0.1, 0.15) is 0 Å². The fourth-order valence-corrected chi connectivity index (χ4v) is 2.79. The van der Waals surface area contributed by atoms with Crippen molar-refractivity contribution in [1.82, 2.24) is 0 Å². The van der Waals surface area contributed by atoms with Crippen molar-refractivity contribution in [2.45, 2.75) is 35.2 Å². The minimum atomic E-state index is -4.54. The molecule has 96 valence electrons. The van der Waals surface area contributed by atoms with Gasteiger partial charge in [-0.15, -0.1) is 0 Å². The predicted molar refractivity (Wildman–Crippen MR) is 66.4 cm³/mol. The highest BCUT2D eigenvalue weighted by atomic mass is 79.9. The summed E-state index contributed by atoms with van der Waals surface area (Å²) in [4.78, 5) is -0.287. The fraction of sp³-hybridized carbons (Fsp3) is 0.455. The van der Waals surface area contributed by atoms with E-state index in [1.807, 2.05) is 6.92 Å². The number of rotatable bonds is 4. The van der Waals surface area contributed by atoms with Crippen LogP contribution >= 0.6 is 15.9 Å². The van der Waals surface area contributed by atoms with Crippen molar-refractivity contribution in [3.8, 4) is 0 Å². The van der Waals surface area contributed by atoms with Gasteiger partial charge in [0.05, 0.1) is 4.90 Å². The number of alkyl halides is 3. The summed E-state index contributed by atoms with van der Waals surface area (Å²) in [6.45, 7) is 3.63. The van der Waals surface area contributed by atoms with Gasteiger partial charge in [-0.2, -0.15) is 8.78 Å². The molecule has 2 nitrogen and oxygen atoms in total. The van der Waals surface area contributed by atoms with Crippen LogP contribution in [-0.2, 0) is 9.84 Å². The first-order valence-corrected chi connectivity index (χ1v) is 7.49. The third-order valence-electron chi connectivity index (χ3n) is 2.64. The molecule has 6 heteroatoms. The van der Waals surface area contributed by atoms with Crippen LogP contribution in [-0.4, -0.2) is 19.0 Å². The Hall–Kier alpha value is -0.490. The highest BCUT2D eigenvalue weighted by Crippen LogP contribution is 2.31. The van der Waals surface area contributed by atoms with Crippen LogP contribution in [0.3, 0.4) is 0 Å². The summed E-state index contributed by atoms with van der Waals surface area (Å²) in [6, 6.07) is 5.89. The average molecular weight is 327 g/mol. The third-order valence-corrected chi connectivity index (χ3v) is 4.89. The average Bonchev–Trinajstić information content (AvgIpc) is 2.27. The monoisotopic (exact) mass is 326 g/mol. The minimum Gasteiger partial charge on any atom is -0.218 e. The van der Waals surface area contributed by atoms with Crippen molar-refractivity contribution in [2.75, 3.05) is 0 Å². The standard InChI is InChI=1S/C11H13BrF2O2S/c1-7(8(2)12)9-5-3-4-6-10(9)17(15,16)11(13)14/h3-8,11H,1-2H3. The Morgan fingerprint density at radius 1 is 1.18 bits per heavy atom. The Bertz CT molecular complexity index is 486. The smallest absolute Gasteiger partial charge is 0.218 e. The molecule has 1 aromatic rings. The highest BCUT2D eigenvalue weighted by molar-refractivity contribution is 9.09. The van der Waals surface area contributed by atoms with Gasteiger partial charge in [-0.05, 0) is 17.5 Å². The first-order chi connectivity index (χ1) is 7.78. The van der Waals surface area contributed by atoms with Gasteiger partial charge in [-0.3, -0.25) is 0 Å². The molecule has 0 aliphatic carbocycles. The predicted octanol–water partition coefficient (Wildman–Crippen LogP) is 3.57. The van der Waals surface area contributed by atoms with Gasteiger partial charge < -0.3 is 0 Å². The Labute approximate surface area is 108 Å². The minimum absolute atomic E-state index is 0.00322. The molecule has 2 atom stereocenters. The summed E-state index contributed by atoms with van der Waals surface area (Å²) < 4.78 is 48.1. The molecule has 0 spiro atoms. The zero-order chi connectivity index (χ0) is 13.2. The normalized spacial score (nSPS) is 15.9. The van der Waals surface area contributed by atoms with E-state index < -0.39 is 15.6 Å². The van der Waals surface area contributed by atoms with Crippen LogP contribution in [0.5, 0.6) is 0 Å². The van der Waals surface area contributed by atoms with Crippen LogP contribution in [0.4, 0.5) is 8.78 Å². The lowest BCUT2D eigenvalue weighted by Crippen LogP contribution is -2.16. The second-order valence-electron chi connectivity index (χ2n) is 3.81. The van der Waals surface area contributed by atoms with Gasteiger partial charge in [-0.1, -0.05) is 48.0 Å². The maximum absolute atomic E-state index is 12.5. The van der Waals surface area contributed by atoms with Gasteiger partial charge in [-0.25, -0.2) is 8.42 Å². The van der Waals surface area contributed by atoms with E-state index in [1.54, 1.807) is 19.1 Å². The van der Waals surface area contributed by atoms with Crippen molar-refractivity contribution in [3.63, 3.8) is 0 Å². The summed E-state index contributed by atoms with van der Waals surface area (Å²) in [6.07, 6.45) is 0. The lowest BCUT2D eigenvalue weighted by Gasteiger charge is -2.18. The van der Waals surface area contributed by atoms with E-state index in [4.69, 9.17) is 0 Å². The van der Waals surface area contributed by atoms with E-state index in [9.17, 15) is 17.2 Å². The van der Waals surface area contributed by atoms with Crippen LogP contribution in [0.25, 0.3) is 0 Å². The van der Waals surface area contributed by atoms with Crippen LogP contribution in [0.2, 0.25) is 0 Å². The zero-order valence-electron chi connectivity index (χ0n) is 9.40. The molecular formula is C11H13BrF2O2S. The van der Waals surface area contributed by atoms with E-state index in [0.717, 1.165) is 0 Å². The zero-order valence-corrected chi connectivity index (χ0v) is 11.8. The third kappa shape index (κ3) is 3.04. The SMILES string of the molecule is CC(Br)C(C)c1ccccc1S(=O)(=O)C(F)F. The summed E-state index contributed by atoms with van der Waals surface area (Å²) >= 11 is 3.33. The molecule has 0 saturated carbocycles. The Kier molecular flexibility index (Phi) is 4.66. The van der Waals surface area contributed by atoms with Gasteiger partial charge in [0.15, 0.2) is 0 Å². The number of hydrogen-bond acceptors (Lipinski definition) is 2. The molecule has 0 bridgehead atoms. The van der Waals surface area contributed by atoms with Crippen molar-refractivity contribution in [3.05, 3.63) is 29.8 Å². The molecule has 0 saturated heterocycles. The molecule has 0 fully saturated rings. The van der Waals surface area contributed by atoms with E-state index in [-0.39, 0.29) is 15.6 Å². The lowest BCUT2D eigenvalue weighted by molar-refractivity contribution is 0.234. The van der Waals surface area contributed by atoms with Gasteiger partial charge in [0.25, 0.3) is 0 Å². The van der Waals surface area contributed by atoms with Crippen molar-refractivity contribution >= 4 is 25.8 Å². The maximum atomic E-state index is 12.5. The lowest BCUT2D eigenvalue weighted by atomic mass is 9.99. The molecule has 2 unspecified atom stereocenters. The van der Waals surface area contributed by atoms with Gasteiger partial charge >= 0.3 is 5.76 Å². The van der Waals surface area contributed by atoms with Gasteiger partial charge in [0.2, 0.25) is 9.84 Å². The van der Waals surface area contributed by atoms with Crippen molar-refractivity contribution in [1.29, 1.82) is 0 Å². The van der Waals surface area contributed by atoms with Crippen molar-refractivity contribution in [2.24, 2.45) is 0 Å². The second-order valence-corrected chi connectivity index (χ2v) is 7.14. The molecular weight excluding hydrogens is 314 g/mol. The quantitative estimate of drug-likeness (QED) is 0.793. The van der Waals surface area contributed by atoms with E-state index >= 15 is 0 Å². The van der Waals surface area contributed by atoms with Crippen LogP contribution in [0.1, 0.15) is 25.3 Å². The molecule has 17 heavy (non-hydrogen) atoms. The maximum Gasteiger partial charge on any atom is 0.341 e. The van der Waals surface area contributed by atoms with Crippen molar-refractivity contribution < 1.29 is 17.2 Å². The van der Waals surface area contributed by atoms with Crippen LogP contribution < -0.4 is 0 Å². The largest absolute Gasteiger partial charge is 0.341 e. The van der Waals surface area contributed by atoms with Crippen LogP contribution in [0.15, 0.2) is 29.2 Å². The highest BCUT2D eigenvalue weighted by Gasteiger charge is 2.30. The topological polar surface area (TPSA) is 34.1 Å². The number of hydrogen-bond donors (Lipinski definition) is 0. The molecule has 0 amide bonds. The molecule has 0 aromatic heterocycles. The fourth-order valence-electron chi connectivity index (χ4n) is 1.46. The Balaban J connectivity index is 3.36. The molecule has 0 heterocycles. The molecule has 0 radical (unpaired) electrons. The molecule has 1 aromatic carbocycles. The summed E-state index contributed by atoms with van der Waals surface area (Å²) in [5.74, 6) is -3.55. The number of benzene rings is 1. The Morgan fingerprint density at radius 3 is 2.18 bits per heavy atom. The first-order valence-electron chi connectivity index (χ1n) is 5.03. The molecule has 0 aliphatic heterocycles. The second kappa shape index (κ2) is 5.44. The first kappa shape index (κ1) is 14.6. The van der Waals surface area contributed by atoms with Crippen LogP contribution in [0, 0.1) is 0 Å². The summed E-state index contributed by atoms with van der Waals surface area (Å²) in [5, 5.41) is 0. The number of sulfone groups is 1. The van der Waals surface area contributed by atoms with E-state index in [1.165, 1.54) is 12.1 Å². The number of halogens is 3. The van der Waals surface area contributed by atoms with E-state index in [2.05, 4.69) is 15.9 Å². The Morgan fingerprint density at radius 2 is 1.71 bits per heavy atom. The summed E-state index contributed by atoms with van der Waals surface area (Å²) in [5.41, 5.74) is 0.414. The van der Waals surface area contributed by atoms with Gasteiger partial charge in [0, 0.05) is 4.83 Å². The van der Waals surface area contributed by atoms with E-state index in [0.29, 0.717) is 5.56 Å². The summed E-state index contributed by atoms with van der Waals surface area (Å²) in [7, 11) is -4.54. The molecule has 1 rings (SSSR count).